The number of anilines is 2. The first kappa shape index (κ1) is 17.9. The number of rotatable bonds is 4. The molecule has 0 unspecified atom stereocenters. The average Bonchev–Trinajstić information content (AvgIpc) is 2.70. The lowest BCUT2D eigenvalue weighted by atomic mass is 9.90. The van der Waals surface area contributed by atoms with Gasteiger partial charge in [-0.05, 0) is 61.3 Å². The van der Waals surface area contributed by atoms with Gasteiger partial charge in [0.15, 0.2) is 0 Å². The highest BCUT2D eigenvalue weighted by Crippen LogP contribution is 2.31. The van der Waals surface area contributed by atoms with E-state index in [4.69, 9.17) is 5.73 Å². The summed E-state index contributed by atoms with van der Waals surface area (Å²) in [6.07, 6.45) is 5.40. The molecule has 2 aliphatic heterocycles. The van der Waals surface area contributed by atoms with Crippen LogP contribution in [-0.4, -0.2) is 37.0 Å². The first-order valence-corrected chi connectivity index (χ1v) is 10.1. The predicted octanol–water partition coefficient (Wildman–Crippen LogP) is 3.50. The fourth-order valence-corrected chi connectivity index (χ4v) is 4.49. The Morgan fingerprint density at radius 1 is 1.00 bits per heavy atom. The van der Waals surface area contributed by atoms with Crippen molar-refractivity contribution in [2.75, 3.05) is 36.8 Å². The maximum absolute atomic E-state index is 12.9. The largest absolute Gasteiger partial charge is 0.398 e. The van der Waals surface area contributed by atoms with E-state index in [2.05, 4.69) is 46.2 Å². The summed E-state index contributed by atoms with van der Waals surface area (Å²) >= 11 is 0. The highest BCUT2D eigenvalue weighted by atomic mass is 16.2. The van der Waals surface area contributed by atoms with Gasteiger partial charge in [0, 0.05) is 31.0 Å². The number of hydrogen-bond donors (Lipinski definition) is 1. The second-order valence-corrected chi connectivity index (χ2v) is 7.88. The molecule has 1 fully saturated rings. The van der Waals surface area contributed by atoms with E-state index in [9.17, 15) is 4.79 Å². The molecule has 4 heteroatoms. The van der Waals surface area contributed by atoms with Crippen LogP contribution >= 0.6 is 0 Å². The van der Waals surface area contributed by atoms with Crippen molar-refractivity contribution in [3.63, 3.8) is 0 Å². The van der Waals surface area contributed by atoms with Crippen LogP contribution in [0, 0.1) is 5.92 Å². The van der Waals surface area contributed by atoms with Gasteiger partial charge in [-0.2, -0.15) is 0 Å². The molecule has 0 aromatic heterocycles. The minimum atomic E-state index is 0.253. The molecule has 0 aliphatic carbocycles. The molecule has 27 heavy (non-hydrogen) atoms. The van der Waals surface area contributed by atoms with Gasteiger partial charge < -0.3 is 15.5 Å². The SMILES string of the molecule is Nc1cccc2c1CCCN2CC(=O)N1CCC(Cc2ccccc2)CC1. The Labute approximate surface area is 162 Å². The summed E-state index contributed by atoms with van der Waals surface area (Å²) in [7, 11) is 0. The Morgan fingerprint density at radius 2 is 1.78 bits per heavy atom. The van der Waals surface area contributed by atoms with Gasteiger partial charge in [-0.3, -0.25) is 4.79 Å². The molecule has 2 aromatic carbocycles. The van der Waals surface area contributed by atoms with Crippen LogP contribution in [0.15, 0.2) is 48.5 Å². The fourth-order valence-electron chi connectivity index (χ4n) is 4.49. The van der Waals surface area contributed by atoms with Gasteiger partial charge in [0.1, 0.15) is 0 Å². The molecular weight excluding hydrogens is 334 g/mol. The Kier molecular flexibility index (Phi) is 5.33. The van der Waals surface area contributed by atoms with Gasteiger partial charge in [0.05, 0.1) is 6.54 Å². The standard InChI is InChI=1S/C23H29N3O/c24-21-9-4-10-22-20(21)8-5-13-26(22)17-23(27)25-14-11-19(12-15-25)16-18-6-2-1-3-7-18/h1-4,6-7,9-10,19H,5,8,11-17,24H2. The number of amides is 1. The number of hydrogen-bond acceptors (Lipinski definition) is 3. The third-order valence-electron chi connectivity index (χ3n) is 6.04. The van der Waals surface area contributed by atoms with Crippen molar-refractivity contribution in [2.24, 2.45) is 5.92 Å². The second-order valence-electron chi connectivity index (χ2n) is 7.88. The Bertz CT molecular complexity index is 781. The van der Waals surface area contributed by atoms with E-state index < -0.39 is 0 Å². The van der Waals surface area contributed by atoms with Gasteiger partial charge in [0.2, 0.25) is 5.91 Å². The molecule has 2 N–H and O–H groups in total. The molecule has 142 valence electrons. The highest BCUT2D eigenvalue weighted by molar-refractivity contribution is 5.82. The summed E-state index contributed by atoms with van der Waals surface area (Å²) < 4.78 is 0. The molecule has 0 atom stereocenters. The van der Waals surface area contributed by atoms with Crippen molar-refractivity contribution in [1.82, 2.24) is 4.90 Å². The molecule has 2 aromatic rings. The normalized spacial score (nSPS) is 17.6. The zero-order valence-corrected chi connectivity index (χ0v) is 15.9. The van der Waals surface area contributed by atoms with Crippen molar-refractivity contribution in [3.05, 3.63) is 59.7 Å². The number of piperidine rings is 1. The van der Waals surface area contributed by atoms with Crippen molar-refractivity contribution < 1.29 is 4.79 Å². The Hall–Kier alpha value is -2.49. The molecule has 0 spiro atoms. The van der Waals surface area contributed by atoms with Crippen LogP contribution in [0.5, 0.6) is 0 Å². The Balaban J connectivity index is 1.32. The fraction of sp³-hybridized carbons (Fsp3) is 0.435. The lowest BCUT2D eigenvalue weighted by Crippen LogP contribution is -2.45. The van der Waals surface area contributed by atoms with Crippen molar-refractivity contribution >= 4 is 17.3 Å². The van der Waals surface area contributed by atoms with Crippen LogP contribution in [0.4, 0.5) is 11.4 Å². The van der Waals surface area contributed by atoms with Crippen molar-refractivity contribution in [1.29, 1.82) is 0 Å². The van der Waals surface area contributed by atoms with Crippen LogP contribution in [0.25, 0.3) is 0 Å². The van der Waals surface area contributed by atoms with Crippen LogP contribution in [-0.2, 0) is 17.6 Å². The lowest BCUT2D eigenvalue weighted by molar-refractivity contribution is -0.131. The Morgan fingerprint density at radius 3 is 2.56 bits per heavy atom. The number of fused-ring (bicyclic) bond motifs is 1. The number of likely N-dealkylation sites (tertiary alicyclic amines) is 1. The van der Waals surface area contributed by atoms with E-state index in [1.165, 1.54) is 11.1 Å². The van der Waals surface area contributed by atoms with E-state index in [0.717, 1.165) is 63.1 Å². The average molecular weight is 364 g/mol. The summed E-state index contributed by atoms with van der Waals surface area (Å²) in [6.45, 7) is 3.17. The second kappa shape index (κ2) is 8.03. The molecular formula is C23H29N3O. The minimum Gasteiger partial charge on any atom is -0.398 e. The van der Waals surface area contributed by atoms with Gasteiger partial charge in [0.25, 0.3) is 0 Å². The number of carbonyl (C=O) groups excluding carboxylic acids is 1. The van der Waals surface area contributed by atoms with Crippen LogP contribution in [0.3, 0.4) is 0 Å². The van der Waals surface area contributed by atoms with Crippen molar-refractivity contribution in [2.45, 2.75) is 32.1 Å². The van der Waals surface area contributed by atoms with Crippen molar-refractivity contribution in [3.8, 4) is 0 Å². The highest BCUT2D eigenvalue weighted by Gasteiger charge is 2.26. The lowest BCUT2D eigenvalue weighted by Gasteiger charge is -2.36. The number of nitrogen functional groups attached to an aromatic ring is 1. The third kappa shape index (κ3) is 4.10. The quantitative estimate of drug-likeness (QED) is 0.846. The number of benzene rings is 2. The van der Waals surface area contributed by atoms with Gasteiger partial charge in [-0.25, -0.2) is 0 Å². The molecule has 0 bridgehead atoms. The summed E-state index contributed by atoms with van der Waals surface area (Å²) in [6, 6.07) is 16.7. The van der Waals surface area contributed by atoms with Crippen LogP contribution in [0.2, 0.25) is 0 Å². The molecule has 4 nitrogen and oxygen atoms in total. The summed E-state index contributed by atoms with van der Waals surface area (Å²) in [5.74, 6) is 0.940. The van der Waals surface area contributed by atoms with Crippen LogP contribution in [0.1, 0.15) is 30.4 Å². The molecule has 4 rings (SSSR count). The number of nitrogens with two attached hydrogens (primary N) is 1. The monoisotopic (exact) mass is 363 g/mol. The zero-order valence-electron chi connectivity index (χ0n) is 15.9. The summed E-state index contributed by atoms with van der Waals surface area (Å²) in [5.41, 5.74) is 10.7. The molecule has 0 saturated carbocycles. The maximum atomic E-state index is 12.9. The molecule has 2 aliphatic rings. The summed E-state index contributed by atoms with van der Waals surface area (Å²) in [5, 5.41) is 0. The maximum Gasteiger partial charge on any atom is 0.242 e. The van der Waals surface area contributed by atoms with E-state index in [-0.39, 0.29) is 5.91 Å². The van der Waals surface area contributed by atoms with Crippen LogP contribution < -0.4 is 10.6 Å². The minimum absolute atomic E-state index is 0.253. The van der Waals surface area contributed by atoms with E-state index >= 15 is 0 Å². The van der Waals surface area contributed by atoms with Gasteiger partial charge in [-0.15, -0.1) is 0 Å². The van der Waals surface area contributed by atoms with E-state index in [1.54, 1.807) is 0 Å². The smallest absolute Gasteiger partial charge is 0.242 e. The van der Waals surface area contributed by atoms with E-state index in [0.29, 0.717) is 12.5 Å². The first-order chi connectivity index (χ1) is 13.2. The first-order valence-electron chi connectivity index (χ1n) is 10.1. The number of carbonyl (C=O) groups is 1. The predicted molar refractivity (Wildman–Crippen MR) is 111 cm³/mol. The van der Waals surface area contributed by atoms with E-state index in [1.807, 2.05) is 12.1 Å². The molecule has 2 heterocycles. The third-order valence-corrected chi connectivity index (χ3v) is 6.04. The summed E-state index contributed by atoms with van der Waals surface area (Å²) in [4.78, 5) is 17.2. The number of nitrogens with zero attached hydrogens (tertiary/aromatic N) is 2. The van der Waals surface area contributed by atoms with Gasteiger partial charge in [-0.1, -0.05) is 36.4 Å². The topological polar surface area (TPSA) is 49.6 Å². The molecule has 0 radical (unpaired) electrons. The van der Waals surface area contributed by atoms with Gasteiger partial charge >= 0.3 is 0 Å². The molecule has 1 saturated heterocycles. The molecule has 1 amide bonds. The zero-order chi connectivity index (χ0) is 18.6.